The molecule has 0 atom stereocenters. The van der Waals surface area contributed by atoms with E-state index in [1.54, 1.807) is 0 Å². The number of halogens is 2. The van der Waals surface area contributed by atoms with E-state index in [1.165, 1.54) is 0 Å². The Morgan fingerprint density at radius 3 is 2.38 bits per heavy atom. The highest BCUT2D eigenvalue weighted by atomic mass is 79.9. The molecule has 0 bridgehead atoms. The molecule has 1 aliphatic rings. The van der Waals surface area contributed by atoms with Gasteiger partial charge in [-0.2, -0.15) is 0 Å². The number of hydrogen-bond donors (Lipinski definition) is 0. The van der Waals surface area contributed by atoms with Crippen LogP contribution in [0.5, 0.6) is 0 Å². The molecule has 0 radical (unpaired) electrons. The van der Waals surface area contributed by atoms with Gasteiger partial charge in [-0.3, -0.25) is 4.79 Å². The van der Waals surface area contributed by atoms with Crippen LogP contribution in [0, 0.1) is 0 Å². The summed E-state index contributed by atoms with van der Waals surface area (Å²) in [6, 6.07) is 25.7. The molecule has 1 aromatic heterocycles. The van der Waals surface area contributed by atoms with Gasteiger partial charge in [0.1, 0.15) is 0 Å². The number of pyridine rings is 1. The Kier molecular flexibility index (Phi) is 5.85. The molecule has 0 aliphatic carbocycles. The second-order valence-corrected chi connectivity index (χ2v) is 9.19. The van der Waals surface area contributed by atoms with E-state index >= 15 is 0 Å². The summed E-state index contributed by atoms with van der Waals surface area (Å²) in [5, 5.41) is 1.61. The molecule has 6 heteroatoms. The molecular weight excluding hydrogens is 486 g/mol. The number of piperazine rings is 1. The number of carbonyl (C=O) groups is 1. The van der Waals surface area contributed by atoms with Gasteiger partial charge in [-0.05, 0) is 42.5 Å². The van der Waals surface area contributed by atoms with Crippen LogP contribution < -0.4 is 4.90 Å². The minimum Gasteiger partial charge on any atom is -0.368 e. The number of amides is 1. The molecule has 4 aromatic rings. The number of anilines is 1. The van der Waals surface area contributed by atoms with Crippen molar-refractivity contribution in [2.45, 2.75) is 0 Å². The highest BCUT2D eigenvalue weighted by Crippen LogP contribution is 2.28. The van der Waals surface area contributed by atoms with Crippen molar-refractivity contribution in [1.82, 2.24) is 9.88 Å². The van der Waals surface area contributed by atoms with E-state index in [2.05, 4.69) is 26.9 Å². The topological polar surface area (TPSA) is 36.4 Å². The lowest BCUT2D eigenvalue weighted by atomic mass is 10.0. The quantitative estimate of drug-likeness (QED) is 0.328. The molecule has 1 fully saturated rings. The monoisotopic (exact) mass is 505 g/mol. The summed E-state index contributed by atoms with van der Waals surface area (Å²) in [7, 11) is 0. The van der Waals surface area contributed by atoms with Crippen LogP contribution in [0.25, 0.3) is 22.2 Å². The van der Waals surface area contributed by atoms with Crippen LogP contribution in [-0.4, -0.2) is 42.0 Å². The first-order valence-electron chi connectivity index (χ1n) is 10.5. The molecule has 4 nitrogen and oxygen atoms in total. The van der Waals surface area contributed by atoms with Gasteiger partial charge in [0.2, 0.25) is 0 Å². The highest BCUT2D eigenvalue weighted by Gasteiger charge is 2.24. The predicted octanol–water partition coefficient (Wildman–Crippen LogP) is 6.28. The van der Waals surface area contributed by atoms with Crippen LogP contribution in [0.3, 0.4) is 0 Å². The number of fused-ring (bicyclic) bond motifs is 1. The van der Waals surface area contributed by atoms with Gasteiger partial charge in [0, 0.05) is 52.3 Å². The summed E-state index contributed by atoms with van der Waals surface area (Å²) in [4.78, 5) is 22.6. The Morgan fingerprint density at radius 2 is 1.62 bits per heavy atom. The second-order valence-electron chi connectivity index (χ2n) is 7.84. The largest absolute Gasteiger partial charge is 0.368 e. The van der Waals surface area contributed by atoms with Crippen LogP contribution >= 0.6 is 27.5 Å². The normalized spacial score (nSPS) is 14.1. The van der Waals surface area contributed by atoms with Gasteiger partial charge >= 0.3 is 0 Å². The maximum atomic E-state index is 13.6. The zero-order valence-electron chi connectivity index (χ0n) is 17.3. The number of nitrogens with zero attached hydrogens (tertiary/aromatic N) is 3. The molecule has 0 N–H and O–H groups in total. The summed E-state index contributed by atoms with van der Waals surface area (Å²) in [6.07, 6.45) is 0. The zero-order chi connectivity index (χ0) is 22.1. The molecule has 3 aromatic carbocycles. The third kappa shape index (κ3) is 4.23. The third-order valence-corrected chi connectivity index (χ3v) is 6.59. The first-order chi connectivity index (χ1) is 15.6. The molecule has 160 valence electrons. The zero-order valence-corrected chi connectivity index (χ0v) is 19.7. The van der Waals surface area contributed by atoms with Crippen LogP contribution in [0.2, 0.25) is 5.02 Å². The van der Waals surface area contributed by atoms with Crippen molar-refractivity contribution in [2.24, 2.45) is 0 Å². The van der Waals surface area contributed by atoms with E-state index in [-0.39, 0.29) is 5.91 Å². The fraction of sp³-hybridized carbons (Fsp3) is 0.154. The molecule has 0 unspecified atom stereocenters. The van der Waals surface area contributed by atoms with Crippen LogP contribution in [0.1, 0.15) is 10.4 Å². The lowest BCUT2D eigenvalue weighted by molar-refractivity contribution is 0.0748. The molecule has 0 spiro atoms. The minimum absolute atomic E-state index is 0.0488. The van der Waals surface area contributed by atoms with Crippen LogP contribution in [0.4, 0.5) is 5.69 Å². The molecule has 1 saturated heterocycles. The van der Waals surface area contributed by atoms with Crippen molar-refractivity contribution in [3.05, 3.63) is 93.9 Å². The van der Waals surface area contributed by atoms with Gasteiger partial charge in [-0.25, -0.2) is 4.98 Å². The summed E-state index contributed by atoms with van der Waals surface area (Å²) in [6.45, 7) is 2.87. The van der Waals surface area contributed by atoms with Crippen molar-refractivity contribution in [1.29, 1.82) is 0 Å². The number of para-hydroxylation sites is 1. The number of hydrogen-bond acceptors (Lipinski definition) is 3. The van der Waals surface area contributed by atoms with E-state index in [1.807, 2.05) is 77.7 Å². The fourth-order valence-corrected chi connectivity index (χ4v) is 4.58. The Balaban J connectivity index is 1.44. The van der Waals surface area contributed by atoms with Gasteiger partial charge < -0.3 is 9.80 Å². The maximum absolute atomic E-state index is 13.6. The van der Waals surface area contributed by atoms with Gasteiger partial charge in [-0.15, -0.1) is 0 Å². The van der Waals surface area contributed by atoms with Gasteiger partial charge in [0.05, 0.1) is 16.8 Å². The molecule has 1 aliphatic heterocycles. The Morgan fingerprint density at radius 1 is 0.875 bits per heavy atom. The predicted molar refractivity (Wildman–Crippen MR) is 134 cm³/mol. The fourth-order valence-electron chi connectivity index (χ4n) is 4.13. The molecule has 0 saturated carbocycles. The van der Waals surface area contributed by atoms with Crippen molar-refractivity contribution < 1.29 is 4.79 Å². The molecular formula is C26H21BrClN3O. The average Bonchev–Trinajstić information content (AvgIpc) is 2.83. The minimum atomic E-state index is 0.0488. The van der Waals surface area contributed by atoms with E-state index in [0.29, 0.717) is 18.7 Å². The van der Waals surface area contributed by atoms with Gasteiger partial charge in [0.15, 0.2) is 0 Å². The van der Waals surface area contributed by atoms with Crippen LogP contribution in [0.15, 0.2) is 83.3 Å². The van der Waals surface area contributed by atoms with Crippen molar-refractivity contribution in [3.8, 4) is 11.3 Å². The Bertz CT molecular complexity index is 1280. The molecule has 1 amide bonds. The smallest absolute Gasteiger partial charge is 0.254 e. The first kappa shape index (κ1) is 21.0. The maximum Gasteiger partial charge on any atom is 0.254 e. The molecule has 5 rings (SSSR count). The lowest BCUT2D eigenvalue weighted by Crippen LogP contribution is -2.48. The summed E-state index contributed by atoms with van der Waals surface area (Å²) in [5.41, 5.74) is 4.41. The van der Waals surface area contributed by atoms with Gasteiger partial charge in [0.25, 0.3) is 5.91 Å². The number of rotatable bonds is 3. The van der Waals surface area contributed by atoms with Gasteiger partial charge in [-0.1, -0.05) is 63.9 Å². The lowest BCUT2D eigenvalue weighted by Gasteiger charge is -2.36. The summed E-state index contributed by atoms with van der Waals surface area (Å²) < 4.78 is 1.01. The number of aromatic nitrogens is 1. The average molecular weight is 507 g/mol. The second kappa shape index (κ2) is 8.93. The van der Waals surface area contributed by atoms with E-state index in [0.717, 1.165) is 50.4 Å². The summed E-state index contributed by atoms with van der Waals surface area (Å²) in [5.74, 6) is 0.0488. The van der Waals surface area contributed by atoms with Crippen LogP contribution in [-0.2, 0) is 0 Å². The molecule has 2 heterocycles. The molecule has 32 heavy (non-hydrogen) atoms. The van der Waals surface area contributed by atoms with Crippen molar-refractivity contribution >= 4 is 50.0 Å². The number of benzene rings is 3. The van der Waals surface area contributed by atoms with E-state index in [9.17, 15) is 4.79 Å². The summed E-state index contributed by atoms with van der Waals surface area (Å²) >= 11 is 9.63. The third-order valence-electron chi connectivity index (χ3n) is 5.83. The Labute approximate surface area is 200 Å². The number of carbonyl (C=O) groups excluding carboxylic acids is 1. The SMILES string of the molecule is O=C(c1cc(-c2ccc(Br)cc2)nc2ccccc12)N1CCN(c2cccc(Cl)c2)CC1. The standard InChI is InChI=1S/C26H21BrClN3O/c27-19-10-8-18(9-11-19)25-17-23(22-6-1-2-7-24(22)29-25)26(32)31-14-12-30(13-15-31)21-5-3-4-20(28)16-21/h1-11,16-17H,12-15H2. The first-order valence-corrected chi connectivity index (χ1v) is 11.7. The van der Waals surface area contributed by atoms with E-state index < -0.39 is 0 Å². The van der Waals surface area contributed by atoms with E-state index in [4.69, 9.17) is 16.6 Å². The van der Waals surface area contributed by atoms with Crippen molar-refractivity contribution in [3.63, 3.8) is 0 Å². The highest BCUT2D eigenvalue weighted by molar-refractivity contribution is 9.10. The van der Waals surface area contributed by atoms with Crippen molar-refractivity contribution in [2.75, 3.05) is 31.1 Å². The Hall–Kier alpha value is -2.89.